The molecule has 1 fully saturated rings. The van der Waals surface area contributed by atoms with Gasteiger partial charge in [0.15, 0.2) is 28.9 Å². The predicted molar refractivity (Wildman–Crippen MR) is 107 cm³/mol. The van der Waals surface area contributed by atoms with Gasteiger partial charge in [-0.15, -0.1) is 0 Å². The molecule has 1 aromatic heterocycles. The topological polar surface area (TPSA) is 140 Å². The number of ether oxygens (including phenoxy) is 5. The fourth-order valence-electron chi connectivity index (χ4n) is 2.69. The highest BCUT2D eigenvalue weighted by Gasteiger charge is 2.52. The molecule has 0 unspecified atom stereocenters. The van der Waals surface area contributed by atoms with Gasteiger partial charge >= 0.3 is 23.9 Å². The van der Waals surface area contributed by atoms with Crippen LogP contribution < -0.4 is 0 Å². The average Bonchev–Trinajstić information content (AvgIpc) is 2.68. The minimum atomic E-state index is -1.20. The van der Waals surface area contributed by atoms with Crippen LogP contribution in [0.1, 0.15) is 27.7 Å². The van der Waals surface area contributed by atoms with E-state index in [1.54, 1.807) is 18.5 Å². The molecule has 0 radical (unpaired) electrons. The molecule has 0 saturated carbocycles. The van der Waals surface area contributed by atoms with E-state index in [1.165, 1.54) is 20.8 Å². The zero-order valence-electron chi connectivity index (χ0n) is 17.2. The maximum Gasteiger partial charge on any atom is 0.303 e. The lowest BCUT2D eigenvalue weighted by Gasteiger charge is -2.43. The minimum absolute atomic E-state index is 0.276. The van der Waals surface area contributed by atoms with Crippen molar-refractivity contribution < 1.29 is 42.9 Å². The third-order valence-electron chi connectivity index (χ3n) is 3.71. The maximum atomic E-state index is 11.8. The fraction of sp³-hybridized carbons (Fsp3) is 0.556. The molecule has 1 aliphatic heterocycles. The van der Waals surface area contributed by atoms with Crippen molar-refractivity contribution in [2.75, 3.05) is 6.61 Å². The van der Waals surface area contributed by atoms with Crippen molar-refractivity contribution in [2.45, 2.75) is 62.7 Å². The average molecular weight is 475 g/mol. The molecular formula is C18H22N2O9S2. The first kappa shape index (κ1) is 24.9. The SMILES string of the molecule is CC(=O)OC[C@H]1O[C@@H](SSc2ncccn2)[C@H](OC(C)=O)[C@@H](OC(C)=O)[C@H]1OC(C)=O. The lowest BCUT2D eigenvalue weighted by molar-refractivity contribution is -0.237. The summed E-state index contributed by atoms with van der Waals surface area (Å²) in [7, 11) is 2.25. The maximum absolute atomic E-state index is 11.8. The molecule has 0 bridgehead atoms. The lowest BCUT2D eigenvalue weighted by Crippen LogP contribution is -2.61. The molecule has 1 aromatic rings. The van der Waals surface area contributed by atoms with Gasteiger partial charge in [0.1, 0.15) is 12.7 Å². The standard InChI is InChI=1S/C18H22N2O9S2/c1-9(21)25-8-13-14(26-10(2)22)15(27-11(3)23)16(28-12(4)24)17(29-13)30-31-18-19-6-5-7-20-18/h5-7,13-17H,8H2,1-4H3/t13-,14+,15+,16-,17+/m1/s1. The largest absolute Gasteiger partial charge is 0.463 e. The Kier molecular flexibility index (Phi) is 9.52. The van der Waals surface area contributed by atoms with Crippen LogP contribution in [-0.4, -0.2) is 70.3 Å². The highest BCUT2D eigenvalue weighted by Crippen LogP contribution is 2.41. The molecule has 0 aromatic carbocycles. The zero-order valence-corrected chi connectivity index (χ0v) is 18.8. The molecule has 2 heterocycles. The van der Waals surface area contributed by atoms with E-state index in [4.69, 9.17) is 23.7 Å². The Morgan fingerprint density at radius 3 is 1.97 bits per heavy atom. The normalized spacial score (nSPS) is 25.2. The number of hydrogen-bond donors (Lipinski definition) is 0. The van der Waals surface area contributed by atoms with Crippen LogP contribution >= 0.6 is 21.6 Å². The molecule has 2 rings (SSSR count). The van der Waals surface area contributed by atoms with Crippen molar-refractivity contribution in [2.24, 2.45) is 0 Å². The number of hydrogen-bond acceptors (Lipinski definition) is 13. The van der Waals surface area contributed by atoms with Crippen LogP contribution in [0.2, 0.25) is 0 Å². The first-order valence-corrected chi connectivity index (χ1v) is 11.3. The highest BCUT2D eigenvalue weighted by atomic mass is 33.1. The molecule has 170 valence electrons. The number of carbonyl (C=O) groups is 4. The molecule has 13 heteroatoms. The Bertz CT molecular complexity index is 795. The van der Waals surface area contributed by atoms with E-state index in [2.05, 4.69) is 9.97 Å². The molecule has 1 aliphatic rings. The van der Waals surface area contributed by atoms with Gasteiger partial charge in [-0.2, -0.15) is 0 Å². The molecule has 0 amide bonds. The third kappa shape index (κ3) is 7.99. The van der Waals surface area contributed by atoms with Crippen LogP contribution in [-0.2, 0) is 42.9 Å². The second kappa shape index (κ2) is 11.9. The Morgan fingerprint density at radius 2 is 1.42 bits per heavy atom. The number of nitrogens with zero attached hydrogens (tertiary/aromatic N) is 2. The zero-order chi connectivity index (χ0) is 23.0. The van der Waals surface area contributed by atoms with Crippen LogP contribution in [0.25, 0.3) is 0 Å². The van der Waals surface area contributed by atoms with Crippen LogP contribution in [0.15, 0.2) is 23.6 Å². The lowest BCUT2D eigenvalue weighted by atomic mass is 9.99. The number of esters is 4. The Balaban J connectivity index is 2.35. The van der Waals surface area contributed by atoms with E-state index in [1.807, 2.05) is 0 Å². The monoisotopic (exact) mass is 474 g/mol. The van der Waals surface area contributed by atoms with Crippen molar-refractivity contribution in [3.05, 3.63) is 18.5 Å². The van der Waals surface area contributed by atoms with Gasteiger partial charge in [0.25, 0.3) is 0 Å². The molecule has 0 N–H and O–H groups in total. The van der Waals surface area contributed by atoms with E-state index < -0.39 is 53.7 Å². The summed E-state index contributed by atoms with van der Waals surface area (Å²) in [6, 6.07) is 1.66. The summed E-state index contributed by atoms with van der Waals surface area (Å²) in [5.41, 5.74) is -0.894. The van der Waals surface area contributed by atoms with Crippen LogP contribution in [0.4, 0.5) is 0 Å². The van der Waals surface area contributed by atoms with E-state index >= 15 is 0 Å². The summed E-state index contributed by atoms with van der Waals surface area (Å²) >= 11 is 0. The van der Waals surface area contributed by atoms with Gasteiger partial charge in [-0.25, -0.2) is 9.97 Å². The number of carbonyl (C=O) groups excluding carboxylic acids is 4. The van der Waals surface area contributed by atoms with Crippen molar-refractivity contribution >= 4 is 45.5 Å². The van der Waals surface area contributed by atoms with Crippen molar-refractivity contribution in [3.63, 3.8) is 0 Å². The Hall–Kier alpha value is -2.38. The fourth-order valence-corrected chi connectivity index (χ4v) is 4.85. The van der Waals surface area contributed by atoms with Gasteiger partial charge < -0.3 is 23.7 Å². The minimum Gasteiger partial charge on any atom is -0.463 e. The van der Waals surface area contributed by atoms with Gasteiger partial charge in [0.05, 0.1) is 0 Å². The molecule has 31 heavy (non-hydrogen) atoms. The molecule has 0 spiro atoms. The quantitative estimate of drug-likeness (QED) is 0.231. The van der Waals surface area contributed by atoms with Crippen molar-refractivity contribution in [1.29, 1.82) is 0 Å². The molecule has 1 saturated heterocycles. The van der Waals surface area contributed by atoms with Gasteiger partial charge in [-0.1, -0.05) is 0 Å². The van der Waals surface area contributed by atoms with Gasteiger partial charge in [0.2, 0.25) is 0 Å². The van der Waals surface area contributed by atoms with E-state index in [9.17, 15) is 19.2 Å². The summed E-state index contributed by atoms with van der Waals surface area (Å²) in [5.74, 6) is -2.60. The number of aromatic nitrogens is 2. The smallest absolute Gasteiger partial charge is 0.303 e. The first-order chi connectivity index (χ1) is 14.7. The number of rotatable bonds is 8. The molecule has 5 atom stereocenters. The summed E-state index contributed by atoms with van der Waals surface area (Å²) in [6.45, 7) is 4.45. The second-order valence-electron chi connectivity index (χ2n) is 6.28. The Labute approximate surface area is 186 Å². The second-order valence-corrected chi connectivity index (χ2v) is 8.54. The third-order valence-corrected chi connectivity index (χ3v) is 6.04. The van der Waals surface area contributed by atoms with Crippen LogP contribution in [0.3, 0.4) is 0 Å². The molecule has 11 nitrogen and oxygen atoms in total. The Morgan fingerprint density at radius 1 is 0.871 bits per heavy atom. The van der Waals surface area contributed by atoms with E-state index in [-0.39, 0.29) is 6.61 Å². The predicted octanol–water partition coefficient (Wildman–Crippen LogP) is 1.30. The van der Waals surface area contributed by atoms with Gasteiger partial charge in [-0.05, 0) is 27.7 Å². The van der Waals surface area contributed by atoms with E-state index in [0.29, 0.717) is 5.16 Å². The molecule has 0 aliphatic carbocycles. The van der Waals surface area contributed by atoms with Crippen LogP contribution in [0.5, 0.6) is 0 Å². The highest BCUT2D eigenvalue weighted by molar-refractivity contribution is 8.76. The summed E-state index contributed by atoms with van der Waals surface area (Å²) in [5, 5.41) is 0.417. The summed E-state index contributed by atoms with van der Waals surface area (Å²) in [6.07, 6.45) is -1.37. The molecular weight excluding hydrogens is 452 g/mol. The van der Waals surface area contributed by atoms with Gasteiger partial charge in [0, 0.05) is 40.1 Å². The first-order valence-electron chi connectivity index (χ1n) is 9.08. The van der Waals surface area contributed by atoms with Crippen molar-refractivity contribution in [3.8, 4) is 0 Å². The van der Waals surface area contributed by atoms with Crippen LogP contribution in [0, 0.1) is 0 Å². The van der Waals surface area contributed by atoms with Gasteiger partial charge in [-0.3, -0.25) is 19.2 Å². The van der Waals surface area contributed by atoms with Crippen molar-refractivity contribution in [1.82, 2.24) is 9.97 Å². The van der Waals surface area contributed by atoms with E-state index in [0.717, 1.165) is 28.5 Å². The summed E-state index contributed by atoms with van der Waals surface area (Å²) < 4.78 is 27.0. The summed E-state index contributed by atoms with van der Waals surface area (Å²) in [4.78, 5) is 54.7.